The number of amides is 1. The molecule has 1 fully saturated rings. The fourth-order valence-corrected chi connectivity index (χ4v) is 2.35. The summed E-state index contributed by atoms with van der Waals surface area (Å²) >= 11 is 0. The molecule has 0 aromatic heterocycles. The highest BCUT2D eigenvalue weighted by Gasteiger charge is 2.31. The van der Waals surface area contributed by atoms with Crippen LogP contribution in [0, 0.1) is 11.3 Å². The monoisotopic (exact) mass is 242 g/mol. The van der Waals surface area contributed by atoms with Crippen LogP contribution >= 0.6 is 0 Å². The third-order valence-corrected chi connectivity index (χ3v) is 3.53. The van der Waals surface area contributed by atoms with Crippen LogP contribution in [0.2, 0.25) is 0 Å². The first-order chi connectivity index (χ1) is 7.84. The van der Waals surface area contributed by atoms with Gasteiger partial charge in [-0.3, -0.25) is 4.79 Å². The Morgan fingerprint density at radius 3 is 2.65 bits per heavy atom. The molecule has 100 valence electrons. The van der Waals surface area contributed by atoms with Gasteiger partial charge in [0.05, 0.1) is 12.1 Å². The van der Waals surface area contributed by atoms with Crippen LogP contribution in [0.15, 0.2) is 0 Å². The first-order valence-corrected chi connectivity index (χ1v) is 6.54. The Labute approximate surface area is 104 Å². The highest BCUT2D eigenvalue weighted by atomic mass is 16.3. The topological polar surface area (TPSA) is 61.4 Å². The molecule has 1 saturated heterocycles. The minimum atomic E-state index is -0.403. The Bertz CT molecular complexity index is 258. The molecule has 0 aromatic rings. The van der Waals surface area contributed by atoms with E-state index < -0.39 is 6.10 Å². The first kappa shape index (κ1) is 14.5. The summed E-state index contributed by atoms with van der Waals surface area (Å²) in [6, 6.07) is -0.0398. The van der Waals surface area contributed by atoms with Crippen LogP contribution in [0.5, 0.6) is 0 Å². The molecule has 17 heavy (non-hydrogen) atoms. The number of aliphatic hydroxyl groups is 1. The van der Waals surface area contributed by atoms with E-state index in [9.17, 15) is 9.90 Å². The molecule has 1 rings (SSSR count). The van der Waals surface area contributed by atoms with Crippen LogP contribution in [0.3, 0.4) is 0 Å². The maximum absolute atomic E-state index is 11.8. The maximum atomic E-state index is 11.8. The molecule has 0 radical (unpaired) electrons. The number of hydrogen-bond donors (Lipinski definition) is 3. The lowest BCUT2D eigenvalue weighted by Gasteiger charge is -2.33. The summed E-state index contributed by atoms with van der Waals surface area (Å²) in [5, 5.41) is 16.2. The summed E-state index contributed by atoms with van der Waals surface area (Å²) in [5.74, 6) is 0.262. The zero-order valence-electron chi connectivity index (χ0n) is 11.4. The van der Waals surface area contributed by atoms with E-state index in [2.05, 4.69) is 10.6 Å². The lowest BCUT2D eigenvalue weighted by Crippen LogP contribution is -2.48. The van der Waals surface area contributed by atoms with Gasteiger partial charge in [-0.15, -0.1) is 0 Å². The van der Waals surface area contributed by atoms with Gasteiger partial charge in [0.2, 0.25) is 5.91 Å². The molecule has 3 N–H and O–H groups in total. The Hall–Kier alpha value is -0.610. The van der Waals surface area contributed by atoms with Crippen molar-refractivity contribution in [3.8, 4) is 0 Å². The summed E-state index contributed by atoms with van der Waals surface area (Å²) in [7, 11) is 0. The van der Waals surface area contributed by atoms with E-state index in [0.29, 0.717) is 6.54 Å². The van der Waals surface area contributed by atoms with Crippen LogP contribution in [-0.4, -0.2) is 36.2 Å². The minimum Gasteiger partial charge on any atom is -0.392 e. The molecule has 1 heterocycles. The van der Waals surface area contributed by atoms with Gasteiger partial charge in [0, 0.05) is 12.0 Å². The summed E-state index contributed by atoms with van der Waals surface area (Å²) in [6.07, 6.45) is 1.58. The largest absolute Gasteiger partial charge is 0.392 e. The third-order valence-electron chi connectivity index (χ3n) is 3.53. The fraction of sp³-hybridized carbons (Fsp3) is 0.923. The van der Waals surface area contributed by atoms with Crippen molar-refractivity contribution >= 4 is 5.91 Å². The van der Waals surface area contributed by atoms with Crippen molar-refractivity contribution < 1.29 is 9.90 Å². The van der Waals surface area contributed by atoms with Gasteiger partial charge < -0.3 is 15.7 Å². The van der Waals surface area contributed by atoms with E-state index in [1.54, 1.807) is 0 Å². The molecule has 0 aliphatic carbocycles. The number of aliphatic hydroxyl groups excluding tert-OH is 1. The predicted octanol–water partition coefficient (Wildman–Crippen LogP) is 0.898. The van der Waals surface area contributed by atoms with Crippen molar-refractivity contribution in [1.82, 2.24) is 10.6 Å². The van der Waals surface area contributed by atoms with Gasteiger partial charge in [-0.05, 0) is 25.3 Å². The highest BCUT2D eigenvalue weighted by molar-refractivity contribution is 5.82. The minimum absolute atomic E-state index is 0.0398. The Balaban J connectivity index is 2.40. The standard InChI is InChI=1S/C13H26N2O2/c1-9(2)11(16)13(3,4)8-15-12(17)10-6-5-7-14-10/h9-11,14,16H,5-8H2,1-4H3,(H,15,17). The van der Waals surface area contributed by atoms with Crippen molar-refractivity contribution in [3.63, 3.8) is 0 Å². The number of rotatable bonds is 5. The highest BCUT2D eigenvalue weighted by Crippen LogP contribution is 2.25. The molecular weight excluding hydrogens is 216 g/mol. The normalized spacial score (nSPS) is 22.8. The van der Waals surface area contributed by atoms with Crippen molar-refractivity contribution in [2.45, 2.75) is 52.7 Å². The molecule has 2 atom stereocenters. The van der Waals surface area contributed by atoms with E-state index in [1.165, 1.54) is 0 Å². The van der Waals surface area contributed by atoms with Crippen molar-refractivity contribution in [2.75, 3.05) is 13.1 Å². The maximum Gasteiger partial charge on any atom is 0.237 e. The SMILES string of the molecule is CC(C)C(O)C(C)(C)CNC(=O)C1CCCN1. The Kier molecular flexibility index (Phi) is 4.95. The Morgan fingerprint density at radius 1 is 1.53 bits per heavy atom. The van der Waals surface area contributed by atoms with Crippen LogP contribution in [-0.2, 0) is 4.79 Å². The fourth-order valence-electron chi connectivity index (χ4n) is 2.35. The molecule has 1 aliphatic heterocycles. The Morgan fingerprint density at radius 2 is 2.18 bits per heavy atom. The molecule has 2 unspecified atom stereocenters. The predicted molar refractivity (Wildman–Crippen MR) is 68.7 cm³/mol. The van der Waals surface area contributed by atoms with E-state index in [0.717, 1.165) is 19.4 Å². The van der Waals surface area contributed by atoms with Gasteiger partial charge in [0.25, 0.3) is 0 Å². The van der Waals surface area contributed by atoms with E-state index in [4.69, 9.17) is 0 Å². The van der Waals surface area contributed by atoms with Crippen molar-refractivity contribution in [3.05, 3.63) is 0 Å². The number of carbonyl (C=O) groups excluding carboxylic acids is 1. The van der Waals surface area contributed by atoms with E-state index in [-0.39, 0.29) is 23.3 Å². The molecule has 1 amide bonds. The summed E-state index contributed by atoms with van der Waals surface area (Å²) in [6.45, 7) is 9.40. The second-order valence-electron chi connectivity index (χ2n) is 6.04. The van der Waals surface area contributed by atoms with Crippen molar-refractivity contribution in [2.24, 2.45) is 11.3 Å². The molecule has 4 nitrogen and oxygen atoms in total. The molecule has 0 aromatic carbocycles. The second-order valence-corrected chi connectivity index (χ2v) is 6.04. The van der Waals surface area contributed by atoms with Gasteiger partial charge in [-0.25, -0.2) is 0 Å². The first-order valence-electron chi connectivity index (χ1n) is 6.54. The van der Waals surface area contributed by atoms with Crippen LogP contribution in [0.1, 0.15) is 40.5 Å². The summed E-state index contributed by atoms with van der Waals surface area (Å²) in [4.78, 5) is 11.8. The molecular formula is C13H26N2O2. The van der Waals surface area contributed by atoms with E-state index >= 15 is 0 Å². The van der Waals surface area contributed by atoms with Crippen LogP contribution < -0.4 is 10.6 Å². The van der Waals surface area contributed by atoms with Gasteiger partial charge in [0.1, 0.15) is 0 Å². The summed E-state index contributed by atoms with van der Waals surface area (Å²) in [5.41, 5.74) is -0.289. The van der Waals surface area contributed by atoms with Crippen LogP contribution in [0.4, 0.5) is 0 Å². The quantitative estimate of drug-likeness (QED) is 0.671. The third kappa shape index (κ3) is 3.96. The molecule has 4 heteroatoms. The molecule has 0 spiro atoms. The molecule has 0 saturated carbocycles. The average Bonchev–Trinajstić information content (AvgIpc) is 2.78. The lowest BCUT2D eigenvalue weighted by atomic mass is 9.80. The smallest absolute Gasteiger partial charge is 0.237 e. The number of hydrogen-bond acceptors (Lipinski definition) is 3. The van der Waals surface area contributed by atoms with Crippen LogP contribution in [0.25, 0.3) is 0 Å². The van der Waals surface area contributed by atoms with Gasteiger partial charge in [0.15, 0.2) is 0 Å². The number of carbonyl (C=O) groups is 1. The zero-order valence-corrected chi connectivity index (χ0v) is 11.4. The van der Waals surface area contributed by atoms with Gasteiger partial charge in [-0.1, -0.05) is 27.7 Å². The zero-order chi connectivity index (χ0) is 13.1. The molecule has 0 bridgehead atoms. The van der Waals surface area contributed by atoms with Gasteiger partial charge >= 0.3 is 0 Å². The van der Waals surface area contributed by atoms with Gasteiger partial charge in [-0.2, -0.15) is 0 Å². The molecule has 1 aliphatic rings. The lowest BCUT2D eigenvalue weighted by molar-refractivity contribution is -0.123. The number of nitrogens with one attached hydrogen (secondary N) is 2. The second kappa shape index (κ2) is 5.83. The van der Waals surface area contributed by atoms with E-state index in [1.807, 2.05) is 27.7 Å². The van der Waals surface area contributed by atoms with Crippen molar-refractivity contribution in [1.29, 1.82) is 0 Å². The average molecular weight is 242 g/mol. The summed E-state index contributed by atoms with van der Waals surface area (Å²) < 4.78 is 0.